The molecule has 0 aliphatic carbocycles. The van der Waals surface area contributed by atoms with Gasteiger partial charge in [-0.1, -0.05) is 84.6 Å². The van der Waals surface area contributed by atoms with Gasteiger partial charge in [0.15, 0.2) is 0 Å². The second kappa shape index (κ2) is 11.7. The van der Waals surface area contributed by atoms with Crippen LogP contribution < -0.4 is 0 Å². The van der Waals surface area contributed by atoms with Crippen LogP contribution in [0.1, 0.15) is 11.1 Å². The number of carbonyl (C=O) groups is 1. The van der Waals surface area contributed by atoms with Gasteiger partial charge in [0, 0.05) is 30.4 Å². The number of hydrogen-bond donors (Lipinski definition) is 0. The number of carbonyl (C=O) groups excluding carboxylic acids is 1. The van der Waals surface area contributed by atoms with Crippen molar-refractivity contribution >= 4 is 50.3 Å². The van der Waals surface area contributed by atoms with Crippen molar-refractivity contribution in [2.24, 2.45) is 0 Å². The monoisotopic (exact) mass is 602 g/mol. The number of thioether (sulfide) groups is 1. The number of nitrogens with zero attached hydrogens (tertiary/aromatic N) is 4. The average Bonchev–Trinajstić information content (AvgIpc) is 3.55. The molecule has 11 heteroatoms. The summed E-state index contributed by atoms with van der Waals surface area (Å²) in [6.07, 6.45) is 3.63. The van der Waals surface area contributed by atoms with E-state index in [1.165, 1.54) is 16.1 Å². The molecule has 1 amide bonds. The van der Waals surface area contributed by atoms with Crippen LogP contribution in [0.25, 0.3) is 23.0 Å². The minimum absolute atomic E-state index is 0.175. The van der Waals surface area contributed by atoms with Crippen LogP contribution in [0.15, 0.2) is 101 Å². The number of thiocarbonyl (C=S) groups is 1. The van der Waals surface area contributed by atoms with Gasteiger partial charge in [0.25, 0.3) is 5.91 Å². The number of morpholine rings is 1. The van der Waals surface area contributed by atoms with Crippen molar-refractivity contribution < 1.29 is 17.9 Å². The fourth-order valence-electron chi connectivity index (χ4n) is 4.71. The van der Waals surface area contributed by atoms with Gasteiger partial charge in [-0.25, -0.2) is 13.1 Å². The number of hydrogen-bond acceptors (Lipinski definition) is 7. The van der Waals surface area contributed by atoms with Crippen LogP contribution in [0.3, 0.4) is 0 Å². The second-order valence-corrected chi connectivity index (χ2v) is 13.1. The maximum absolute atomic E-state index is 13.4. The van der Waals surface area contributed by atoms with Crippen LogP contribution in [0.5, 0.6) is 0 Å². The number of para-hydroxylation sites is 1. The summed E-state index contributed by atoms with van der Waals surface area (Å²) in [5, 5.41) is 4.84. The maximum atomic E-state index is 13.4. The third-order valence-corrected chi connectivity index (χ3v) is 10.1. The summed E-state index contributed by atoms with van der Waals surface area (Å²) in [7, 11) is -3.70. The van der Waals surface area contributed by atoms with E-state index in [1.54, 1.807) is 33.9 Å². The summed E-state index contributed by atoms with van der Waals surface area (Å²) in [5.41, 5.74) is 3.68. The number of amides is 1. The molecule has 0 bridgehead atoms. The summed E-state index contributed by atoms with van der Waals surface area (Å²) in [4.78, 5) is 15.7. The fourth-order valence-corrected chi connectivity index (χ4v) is 7.41. The van der Waals surface area contributed by atoms with Crippen molar-refractivity contribution in [2.75, 3.05) is 26.3 Å². The molecule has 1 aromatic heterocycles. The van der Waals surface area contributed by atoms with E-state index in [0.29, 0.717) is 58.9 Å². The Morgan fingerprint density at radius 1 is 0.951 bits per heavy atom. The zero-order valence-corrected chi connectivity index (χ0v) is 24.4. The van der Waals surface area contributed by atoms with E-state index < -0.39 is 10.0 Å². The van der Waals surface area contributed by atoms with Gasteiger partial charge < -0.3 is 4.74 Å². The van der Waals surface area contributed by atoms with Gasteiger partial charge in [-0.2, -0.15) is 9.40 Å². The fraction of sp³-hybridized carbons (Fsp3) is 0.167. The topological polar surface area (TPSA) is 84.7 Å². The van der Waals surface area contributed by atoms with Crippen molar-refractivity contribution in [3.8, 4) is 16.9 Å². The predicted molar refractivity (Wildman–Crippen MR) is 164 cm³/mol. The van der Waals surface area contributed by atoms with E-state index >= 15 is 0 Å². The molecule has 0 atom stereocenters. The Labute approximate surface area is 248 Å². The molecule has 41 heavy (non-hydrogen) atoms. The van der Waals surface area contributed by atoms with Crippen molar-refractivity contribution in [3.63, 3.8) is 0 Å². The lowest BCUT2D eigenvalue weighted by Gasteiger charge is -2.26. The van der Waals surface area contributed by atoms with Crippen molar-refractivity contribution in [1.82, 2.24) is 19.0 Å². The quantitative estimate of drug-likeness (QED) is 0.218. The second-order valence-electron chi connectivity index (χ2n) is 9.51. The molecule has 2 fully saturated rings. The molecular formula is C30H26N4O4S3. The molecule has 0 saturated carbocycles. The van der Waals surface area contributed by atoms with E-state index in [9.17, 15) is 13.2 Å². The Hall–Kier alpha value is -3.61. The van der Waals surface area contributed by atoms with Crippen molar-refractivity contribution in [2.45, 2.75) is 11.4 Å². The van der Waals surface area contributed by atoms with Crippen molar-refractivity contribution in [1.29, 1.82) is 0 Å². The molecule has 6 rings (SSSR count). The minimum atomic E-state index is -3.70. The zero-order valence-electron chi connectivity index (χ0n) is 21.9. The van der Waals surface area contributed by atoms with Crippen LogP contribution in [-0.4, -0.2) is 63.9 Å². The molecule has 4 aromatic rings. The third-order valence-electron chi connectivity index (χ3n) is 6.82. The summed E-state index contributed by atoms with van der Waals surface area (Å²) in [6.45, 7) is 1.75. The van der Waals surface area contributed by atoms with Crippen LogP contribution in [0.4, 0.5) is 0 Å². The SMILES string of the molecule is O=C1/C(=C/c2cn(-c3ccccc3)nc2-c2cccc(S(=O)(=O)N3CCOCC3)c2)SC(=S)N1Cc1ccccc1. The van der Waals surface area contributed by atoms with Crippen LogP contribution in [-0.2, 0) is 26.1 Å². The largest absolute Gasteiger partial charge is 0.379 e. The molecule has 208 valence electrons. The number of benzene rings is 3. The van der Waals surface area contributed by atoms with Gasteiger partial charge >= 0.3 is 0 Å². The first-order valence-electron chi connectivity index (χ1n) is 13.0. The highest BCUT2D eigenvalue weighted by Crippen LogP contribution is 2.36. The highest BCUT2D eigenvalue weighted by Gasteiger charge is 2.33. The van der Waals surface area contributed by atoms with Crippen LogP contribution in [0, 0.1) is 0 Å². The first kappa shape index (κ1) is 27.6. The van der Waals surface area contributed by atoms with E-state index in [0.717, 1.165) is 11.3 Å². The third kappa shape index (κ3) is 5.77. The highest BCUT2D eigenvalue weighted by molar-refractivity contribution is 8.26. The molecule has 8 nitrogen and oxygen atoms in total. The van der Waals surface area contributed by atoms with Gasteiger partial charge in [0.1, 0.15) is 10.0 Å². The molecule has 3 aromatic carbocycles. The summed E-state index contributed by atoms with van der Waals surface area (Å²) < 4.78 is 35.8. The Balaban J connectivity index is 1.39. The van der Waals surface area contributed by atoms with E-state index in [-0.39, 0.29) is 10.8 Å². The maximum Gasteiger partial charge on any atom is 0.266 e. The summed E-state index contributed by atoms with van der Waals surface area (Å²) in [6, 6.07) is 26.1. The van der Waals surface area contributed by atoms with Gasteiger partial charge in [0.05, 0.1) is 35.2 Å². The molecule has 3 heterocycles. The Bertz CT molecular complexity index is 1730. The molecule has 2 aliphatic rings. The Morgan fingerprint density at radius 3 is 2.39 bits per heavy atom. The number of sulfonamides is 1. The normalized spacial score (nSPS) is 17.5. The lowest BCUT2D eigenvalue weighted by molar-refractivity contribution is -0.122. The number of aromatic nitrogens is 2. The molecule has 2 saturated heterocycles. The van der Waals surface area contributed by atoms with Crippen LogP contribution in [0.2, 0.25) is 0 Å². The molecule has 0 radical (unpaired) electrons. The molecule has 2 aliphatic heterocycles. The highest BCUT2D eigenvalue weighted by atomic mass is 32.2. The standard InChI is InChI=1S/C30H26N4O4S3/c35-29-27(40-30(39)33(29)20-22-8-3-1-4-9-22)19-24-21-34(25-11-5-2-6-12-25)31-28(24)23-10-7-13-26(18-23)41(36,37)32-14-16-38-17-15-32/h1-13,18-19,21H,14-17,20H2/b27-19-. The van der Waals surface area contributed by atoms with Gasteiger partial charge in [-0.15, -0.1) is 0 Å². The van der Waals surface area contributed by atoms with E-state index in [2.05, 4.69) is 0 Å². The Morgan fingerprint density at radius 2 is 1.66 bits per heavy atom. The summed E-state index contributed by atoms with van der Waals surface area (Å²) in [5.74, 6) is -0.175. The van der Waals surface area contributed by atoms with Crippen LogP contribution >= 0.6 is 24.0 Å². The first-order chi connectivity index (χ1) is 19.9. The molecule has 0 N–H and O–H groups in total. The molecule has 0 unspecified atom stereocenters. The Kier molecular flexibility index (Phi) is 7.87. The molecule has 0 spiro atoms. The average molecular weight is 603 g/mol. The minimum Gasteiger partial charge on any atom is -0.379 e. The van der Waals surface area contributed by atoms with Gasteiger partial charge in [-0.05, 0) is 35.9 Å². The van der Waals surface area contributed by atoms with E-state index in [4.69, 9.17) is 22.1 Å². The van der Waals surface area contributed by atoms with Crippen molar-refractivity contribution in [3.05, 3.63) is 107 Å². The predicted octanol–water partition coefficient (Wildman–Crippen LogP) is 4.96. The smallest absolute Gasteiger partial charge is 0.266 e. The molecular weight excluding hydrogens is 577 g/mol. The van der Waals surface area contributed by atoms with E-state index in [1.807, 2.05) is 72.9 Å². The number of ether oxygens (including phenoxy) is 1. The lowest BCUT2D eigenvalue weighted by Crippen LogP contribution is -2.40. The van der Waals surface area contributed by atoms with Gasteiger partial charge in [-0.3, -0.25) is 9.69 Å². The first-order valence-corrected chi connectivity index (χ1v) is 15.7. The summed E-state index contributed by atoms with van der Waals surface area (Å²) >= 11 is 6.81. The number of rotatable bonds is 7. The zero-order chi connectivity index (χ0) is 28.4. The van der Waals surface area contributed by atoms with Gasteiger partial charge in [0.2, 0.25) is 10.0 Å². The lowest BCUT2D eigenvalue weighted by atomic mass is 10.1.